The highest BCUT2D eigenvalue weighted by molar-refractivity contribution is 5.43. The first kappa shape index (κ1) is 15.0. The molecule has 1 aromatic heterocycles. The lowest BCUT2D eigenvalue weighted by molar-refractivity contribution is 0.0410. The molecule has 1 heterocycles. The summed E-state index contributed by atoms with van der Waals surface area (Å²) in [7, 11) is 1.99. The van der Waals surface area contributed by atoms with Crippen LogP contribution < -0.4 is 10.6 Å². The summed E-state index contributed by atoms with van der Waals surface area (Å²) in [6, 6.07) is 1.99. The zero-order valence-electron chi connectivity index (χ0n) is 12.8. The summed E-state index contributed by atoms with van der Waals surface area (Å²) in [4.78, 5) is 10.6. The maximum atomic E-state index is 10.4. The average molecular weight is 278 g/mol. The van der Waals surface area contributed by atoms with Crippen molar-refractivity contribution in [3.8, 4) is 0 Å². The van der Waals surface area contributed by atoms with Crippen LogP contribution in [-0.4, -0.2) is 34.3 Å². The number of rotatable bonds is 5. The third-order valence-electron chi connectivity index (χ3n) is 4.18. The number of hydrogen-bond acceptors (Lipinski definition) is 5. The Bertz CT molecular complexity index is 455. The zero-order chi connectivity index (χ0) is 14.8. The first-order chi connectivity index (χ1) is 9.39. The van der Waals surface area contributed by atoms with Crippen LogP contribution in [0.25, 0.3) is 0 Å². The Morgan fingerprint density at radius 3 is 2.60 bits per heavy atom. The molecule has 0 amide bonds. The molecule has 5 heteroatoms. The second kappa shape index (κ2) is 5.95. The molecule has 0 saturated heterocycles. The van der Waals surface area contributed by atoms with E-state index in [0.29, 0.717) is 11.9 Å². The highest BCUT2D eigenvalue weighted by atomic mass is 16.3. The fourth-order valence-corrected chi connectivity index (χ4v) is 2.74. The van der Waals surface area contributed by atoms with Gasteiger partial charge in [-0.2, -0.15) is 4.98 Å². The number of nitrogen functional groups attached to an aromatic ring is 1. The van der Waals surface area contributed by atoms with E-state index in [0.717, 1.165) is 50.2 Å². The summed E-state index contributed by atoms with van der Waals surface area (Å²) in [5.74, 6) is 1.48. The highest BCUT2D eigenvalue weighted by Crippen LogP contribution is 2.32. The molecule has 20 heavy (non-hydrogen) atoms. The lowest BCUT2D eigenvalue weighted by atomic mass is 9.98. The van der Waals surface area contributed by atoms with Crippen molar-refractivity contribution in [2.45, 2.75) is 57.5 Å². The molecule has 1 aromatic rings. The van der Waals surface area contributed by atoms with Crippen LogP contribution in [0.5, 0.6) is 0 Å². The van der Waals surface area contributed by atoms with Crippen LogP contribution in [0.3, 0.4) is 0 Å². The van der Waals surface area contributed by atoms with E-state index in [1.54, 1.807) is 0 Å². The first-order valence-electron chi connectivity index (χ1n) is 7.48. The Morgan fingerprint density at radius 2 is 2.00 bits per heavy atom. The molecular weight excluding hydrogens is 252 g/mol. The van der Waals surface area contributed by atoms with Gasteiger partial charge in [-0.1, -0.05) is 26.7 Å². The number of hydrogen-bond donors (Lipinski definition) is 2. The van der Waals surface area contributed by atoms with Crippen molar-refractivity contribution in [3.63, 3.8) is 0 Å². The molecule has 0 unspecified atom stereocenters. The summed E-state index contributed by atoms with van der Waals surface area (Å²) in [6.07, 6.45) is 4.90. The standard InChI is InChI=1S/C15H26N4O/c1-11(2)12-10-13(18-14(16)17-12)19(3)9-8-15(20)6-4-5-7-15/h10-11,20H,4-9H2,1-3H3,(H2,16,17,18). The van der Waals surface area contributed by atoms with Crippen LogP contribution in [0, 0.1) is 0 Å². The molecule has 0 radical (unpaired) electrons. The number of nitrogens with zero attached hydrogens (tertiary/aromatic N) is 3. The molecule has 0 spiro atoms. The molecule has 1 fully saturated rings. The summed E-state index contributed by atoms with van der Waals surface area (Å²) < 4.78 is 0. The van der Waals surface area contributed by atoms with E-state index in [9.17, 15) is 5.11 Å². The quantitative estimate of drug-likeness (QED) is 0.864. The Kier molecular flexibility index (Phi) is 4.48. The van der Waals surface area contributed by atoms with Gasteiger partial charge in [-0.3, -0.25) is 0 Å². The maximum absolute atomic E-state index is 10.4. The van der Waals surface area contributed by atoms with Gasteiger partial charge in [0.15, 0.2) is 0 Å². The molecule has 0 aromatic carbocycles. The number of nitrogens with two attached hydrogens (primary N) is 1. The van der Waals surface area contributed by atoms with Gasteiger partial charge in [-0.25, -0.2) is 4.98 Å². The van der Waals surface area contributed by atoms with Crippen molar-refractivity contribution in [1.29, 1.82) is 0 Å². The Balaban J connectivity index is 2.03. The summed E-state index contributed by atoms with van der Waals surface area (Å²) in [5, 5.41) is 10.4. The monoisotopic (exact) mass is 278 g/mol. The van der Waals surface area contributed by atoms with Crippen molar-refractivity contribution in [3.05, 3.63) is 11.8 Å². The van der Waals surface area contributed by atoms with E-state index < -0.39 is 5.60 Å². The smallest absolute Gasteiger partial charge is 0.222 e. The van der Waals surface area contributed by atoms with E-state index in [-0.39, 0.29) is 0 Å². The Morgan fingerprint density at radius 1 is 1.35 bits per heavy atom. The Hall–Kier alpha value is -1.36. The molecule has 0 aliphatic heterocycles. The SMILES string of the molecule is CC(C)c1cc(N(C)CCC2(O)CCCC2)nc(N)n1. The predicted octanol–water partition coefficient (Wildman–Crippen LogP) is 2.31. The molecule has 0 bridgehead atoms. The summed E-state index contributed by atoms with van der Waals surface area (Å²) in [5.41, 5.74) is 6.26. The zero-order valence-corrected chi connectivity index (χ0v) is 12.8. The molecule has 112 valence electrons. The molecule has 5 nitrogen and oxygen atoms in total. The average Bonchev–Trinajstić information content (AvgIpc) is 2.82. The van der Waals surface area contributed by atoms with Gasteiger partial charge in [0.2, 0.25) is 5.95 Å². The number of aliphatic hydroxyl groups is 1. The van der Waals surface area contributed by atoms with E-state index >= 15 is 0 Å². The second-order valence-electron chi connectivity index (χ2n) is 6.27. The van der Waals surface area contributed by atoms with Gasteiger partial charge in [0.05, 0.1) is 11.3 Å². The lowest BCUT2D eigenvalue weighted by Gasteiger charge is -2.26. The predicted molar refractivity (Wildman–Crippen MR) is 81.8 cm³/mol. The van der Waals surface area contributed by atoms with Gasteiger partial charge >= 0.3 is 0 Å². The fraction of sp³-hybridized carbons (Fsp3) is 0.733. The minimum Gasteiger partial charge on any atom is -0.390 e. The Labute approximate surface area is 121 Å². The van der Waals surface area contributed by atoms with Crippen LogP contribution in [0.2, 0.25) is 0 Å². The van der Waals surface area contributed by atoms with Crippen LogP contribution in [0.1, 0.15) is 57.6 Å². The summed E-state index contributed by atoms with van der Waals surface area (Å²) >= 11 is 0. The first-order valence-corrected chi connectivity index (χ1v) is 7.48. The van der Waals surface area contributed by atoms with E-state index in [4.69, 9.17) is 5.73 Å². The third-order valence-corrected chi connectivity index (χ3v) is 4.18. The molecule has 1 aliphatic carbocycles. The fourth-order valence-electron chi connectivity index (χ4n) is 2.74. The maximum Gasteiger partial charge on any atom is 0.222 e. The van der Waals surface area contributed by atoms with Gasteiger partial charge in [-0.15, -0.1) is 0 Å². The van der Waals surface area contributed by atoms with Crippen LogP contribution in [0.15, 0.2) is 6.07 Å². The van der Waals surface area contributed by atoms with Crippen LogP contribution >= 0.6 is 0 Å². The second-order valence-corrected chi connectivity index (χ2v) is 6.27. The van der Waals surface area contributed by atoms with Crippen LogP contribution in [-0.2, 0) is 0 Å². The van der Waals surface area contributed by atoms with Crippen molar-refractivity contribution >= 4 is 11.8 Å². The lowest BCUT2D eigenvalue weighted by Crippen LogP contribution is -2.31. The van der Waals surface area contributed by atoms with Gasteiger partial charge in [0, 0.05) is 19.7 Å². The van der Waals surface area contributed by atoms with Crippen molar-refractivity contribution < 1.29 is 5.11 Å². The topological polar surface area (TPSA) is 75.3 Å². The van der Waals surface area contributed by atoms with Gasteiger partial charge in [-0.05, 0) is 25.2 Å². The van der Waals surface area contributed by atoms with Crippen molar-refractivity contribution in [1.82, 2.24) is 9.97 Å². The van der Waals surface area contributed by atoms with E-state index in [1.165, 1.54) is 0 Å². The molecule has 3 N–H and O–H groups in total. The van der Waals surface area contributed by atoms with Crippen LogP contribution in [0.4, 0.5) is 11.8 Å². The number of anilines is 2. The third kappa shape index (κ3) is 3.60. The normalized spacial score (nSPS) is 17.6. The summed E-state index contributed by atoms with van der Waals surface area (Å²) in [6.45, 7) is 4.96. The van der Waals surface area contributed by atoms with Gasteiger partial charge < -0.3 is 15.7 Å². The van der Waals surface area contributed by atoms with E-state index in [1.807, 2.05) is 13.1 Å². The number of aromatic nitrogens is 2. The van der Waals surface area contributed by atoms with Gasteiger partial charge in [0.25, 0.3) is 0 Å². The molecule has 1 aliphatic rings. The minimum atomic E-state index is -0.478. The van der Waals surface area contributed by atoms with Crippen molar-refractivity contribution in [2.75, 3.05) is 24.2 Å². The molecular formula is C15H26N4O. The highest BCUT2D eigenvalue weighted by Gasteiger charge is 2.30. The molecule has 2 rings (SSSR count). The minimum absolute atomic E-state index is 0.317. The van der Waals surface area contributed by atoms with Crippen molar-refractivity contribution in [2.24, 2.45) is 0 Å². The van der Waals surface area contributed by atoms with E-state index in [2.05, 4.69) is 28.7 Å². The van der Waals surface area contributed by atoms with Gasteiger partial charge in [0.1, 0.15) is 5.82 Å². The molecule has 0 atom stereocenters. The largest absolute Gasteiger partial charge is 0.390 e. The molecule has 1 saturated carbocycles.